The van der Waals surface area contributed by atoms with Crippen LogP contribution in [0.25, 0.3) is 0 Å². The first-order valence-electron chi connectivity index (χ1n) is 10.2. The van der Waals surface area contributed by atoms with Crippen molar-refractivity contribution in [1.29, 1.82) is 0 Å². The van der Waals surface area contributed by atoms with Gasteiger partial charge in [0.05, 0.1) is 18.1 Å². The van der Waals surface area contributed by atoms with Crippen molar-refractivity contribution in [3.8, 4) is 11.5 Å². The lowest BCUT2D eigenvalue weighted by molar-refractivity contribution is -0.133. The Hall–Kier alpha value is -3.60. The van der Waals surface area contributed by atoms with Crippen LogP contribution in [0.15, 0.2) is 47.4 Å². The number of amides is 4. The number of anilines is 1. The van der Waals surface area contributed by atoms with Gasteiger partial charge in [0.2, 0.25) is 5.91 Å². The summed E-state index contributed by atoms with van der Waals surface area (Å²) in [6, 6.07) is 10.0. The molecular weight excluding hydrogens is 450 g/mol. The molecule has 33 heavy (non-hydrogen) atoms. The summed E-state index contributed by atoms with van der Waals surface area (Å²) in [4.78, 5) is 39.1. The SMILES string of the molecule is C[C@@]1(c2ccc3c(c2)OCCCO3)NC(=O)N(CC(=O)Nc2cccc(S(C)(=O)=O)c2)C1=O. The third kappa shape index (κ3) is 4.49. The van der Waals surface area contributed by atoms with Crippen molar-refractivity contribution in [2.24, 2.45) is 0 Å². The van der Waals surface area contributed by atoms with Crippen LogP contribution in [0.1, 0.15) is 18.9 Å². The molecule has 2 heterocycles. The van der Waals surface area contributed by atoms with Crippen molar-refractivity contribution in [3.05, 3.63) is 48.0 Å². The Labute approximate surface area is 190 Å². The van der Waals surface area contributed by atoms with Gasteiger partial charge in [0, 0.05) is 18.4 Å². The molecule has 1 saturated heterocycles. The van der Waals surface area contributed by atoms with Gasteiger partial charge in [0.25, 0.3) is 5.91 Å². The monoisotopic (exact) mass is 473 g/mol. The molecule has 2 aromatic carbocycles. The number of benzene rings is 2. The maximum atomic E-state index is 13.2. The van der Waals surface area contributed by atoms with E-state index >= 15 is 0 Å². The lowest BCUT2D eigenvalue weighted by Gasteiger charge is -2.23. The van der Waals surface area contributed by atoms with Crippen LogP contribution in [0.4, 0.5) is 10.5 Å². The summed E-state index contributed by atoms with van der Waals surface area (Å²) < 4.78 is 34.7. The van der Waals surface area contributed by atoms with Crippen LogP contribution in [-0.4, -0.2) is 57.2 Å². The summed E-state index contributed by atoms with van der Waals surface area (Å²) in [5, 5.41) is 5.17. The zero-order valence-corrected chi connectivity index (χ0v) is 18.9. The maximum Gasteiger partial charge on any atom is 0.325 e. The third-order valence-electron chi connectivity index (χ3n) is 5.45. The number of ether oxygens (including phenoxy) is 2. The minimum Gasteiger partial charge on any atom is -0.490 e. The van der Waals surface area contributed by atoms with Crippen LogP contribution >= 0.6 is 0 Å². The minimum absolute atomic E-state index is 0.0391. The number of rotatable bonds is 5. The number of carbonyl (C=O) groups is 3. The van der Waals surface area contributed by atoms with E-state index in [0.29, 0.717) is 30.3 Å². The van der Waals surface area contributed by atoms with Gasteiger partial charge < -0.3 is 20.1 Å². The highest BCUT2D eigenvalue weighted by molar-refractivity contribution is 7.90. The van der Waals surface area contributed by atoms with E-state index < -0.39 is 39.8 Å². The van der Waals surface area contributed by atoms with Crippen molar-refractivity contribution in [2.75, 3.05) is 31.3 Å². The number of carbonyl (C=O) groups excluding carboxylic acids is 3. The number of hydrogen-bond donors (Lipinski definition) is 2. The fourth-order valence-corrected chi connectivity index (χ4v) is 4.33. The average Bonchev–Trinajstić information content (AvgIpc) is 2.92. The summed E-state index contributed by atoms with van der Waals surface area (Å²) in [5.74, 6) is -0.200. The Morgan fingerprint density at radius 2 is 1.85 bits per heavy atom. The average molecular weight is 474 g/mol. The largest absolute Gasteiger partial charge is 0.490 e. The molecule has 1 fully saturated rings. The molecule has 0 radical (unpaired) electrons. The molecule has 0 saturated carbocycles. The van der Waals surface area contributed by atoms with Gasteiger partial charge in [-0.05, 0) is 42.8 Å². The highest BCUT2D eigenvalue weighted by atomic mass is 32.2. The third-order valence-corrected chi connectivity index (χ3v) is 6.56. The molecule has 0 spiro atoms. The summed E-state index contributed by atoms with van der Waals surface area (Å²) in [5.41, 5.74) is -0.660. The van der Waals surface area contributed by atoms with Crippen molar-refractivity contribution in [3.63, 3.8) is 0 Å². The lowest BCUT2D eigenvalue weighted by atomic mass is 9.91. The van der Waals surface area contributed by atoms with Crippen LogP contribution in [-0.2, 0) is 25.0 Å². The smallest absolute Gasteiger partial charge is 0.325 e. The fourth-order valence-electron chi connectivity index (χ4n) is 3.66. The number of sulfone groups is 1. The highest BCUT2D eigenvalue weighted by Gasteiger charge is 2.49. The number of nitrogens with zero attached hydrogens (tertiary/aromatic N) is 1. The van der Waals surface area contributed by atoms with E-state index in [9.17, 15) is 22.8 Å². The van der Waals surface area contributed by atoms with Gasteiger partial charge in [-0.15, -0.1) is 0 Å². The molecule has 0 unspecified atom stereocenters. The Kier molecular flexibility index (Phi) is 5.75. The van der Waals surface area contributed by atoms with Gasteiger partial charge in [-0.25, -0.2) is 13.2 Å². The molecule has 2 aromatic rings. The van der Waals surface area contributed by atoms with E-state index in [-0.39, 0.29) is 10.6 Å². The zero-order chi connectivity index (χ0) is 23.8. The first kappa shape index (κ1) is 22.6. The minimum atomic E-state index is -3.46. The number of urea groups is 1. The van der Waals surface area contributed by atoms with E-state index in [4.69, 9.17) is 9.47 Å². The van der Waals surface area contributed by atoms with Crippen LogP contribution in [0, 0.1) is 0 Å². The second-order valence-electron chi connectivity index (χ2n) is 8.01. The van der Waals surface area contributed by atoms with Crippen molar-refractivity contribution >= 4 is 33.4 Å². The van der Waals surface area contributed by atoms with Gasteiger partial charge in [-0.2, -0.15) is 0 Å². The first-order chi connectivity index (χ1) is 15.6. The van der Waals surface area contributed by atoms with Gasteiger partial charge in [-0.3, -0.25) is 14.5 Å². The zero-order valence-electron chi connectivity index (χ0n) is 18.1. The van der Waals surface area contributed by atoms with Crippen LogP contribution in [0.2, 0.25) is 0 Å². The molecule has 0 aromatic heterocycles. The summed E-state index contributed by atoms with van der Waals surface area (Å²) >= 11 is 0. The molecule has 11 heteroatoms. The molecule has 4 amide bonds. The lowest BCUT2D eigenvalue weighted by Crippen LogP contribution is -2.42. The van der Waals surface area contributed by atoms with Gasteiger partial charge in [0.1, 0.15) is 12.1 Å². The fraction of sp³-hybridized carbons (Fsp3) is 0.318. The van der Waals surface area contributed by atoms with Crippen LogP contribution in [0.3, 0.4) is 0 Å². The Morgan fingerprint density at radius 3 is 2.58 bits per heavy atom. The molecule has 10 nitrogen and oxygen atoms in total. The van der Waals surface area contributed by atoms with Gasteiger partial charge in [0.15, 0.2) is 21.3 Å². The van der Waals surface area contributed by atoms with Gasteiger partial charge >= 0.3 is 6.03 Å². The van der Waals surface area contributed by atoms with Crippen molar-refractivity contribution < 1.29 is 32.3 Å². The molecule has 174 valence electrons. The number of nitrogens with one attached hydrogen (secondary N) is 2. The quantitative estimate of drug-likeness (QED) is 0.632. The van der Waals surface area contributed by atoms with E-state index in [1.807, 2.05) is 0 Å². The Morgan fingerprint density at radius 1 is 1.12 bits per heavy atom. The van der Waals surface area contributed by atoms with E-state index in [2.05, 4.69) is 10.6 Å². The Balaban J connectivity index is 1.50. The molecule has 0 aliphatic carbocycles. The first-order valence-corrected chi connectivity index (χ1v) is 12.1. The molecule has 0 bridgehead atoms. The second-order valence-corrected chi connectivity index (χ2v) is 10.0. The summed E-state index contributed by atoms with van der Waals surface area (Å²) in [6.07, 6.45) is 1.79. The Bertz CT molecular complexity index is 1240. The molecular formula is C22H23N3O7S. The number of imide groups is 1. The summed E-state index contributed by atoms with van der Waals surface area (Å²) in [7, 11) is -3.46. The molecule has 2 aliphatic heterocycles. The topological polar surface area (TPSA) is 131 Å². The van der Waals surface area contributed by atoms with Crippen LogP contribution in [0.5, 0.6) is 11.5 Å². The second kappa shape index (κ2) is 8.39. The normalized spacial score (nSPS) is 20.2. The maximum absolute atomic E-state index is 13.2. The predicted molar refractivity (Wildman–Crippen MR) is 118 cm³/mol. The predicted octanol–water partition coefficient (Wildman–Crippen LogP) is 1.66. The molecule has 2 aliphatic rings. The van der Waals surface area contributed by atoms with Gasteiger partial charge in [-0.1, -0.05) is 12.1 Å². The van der Waals surface area contributed by atoms with E-state index in [1.54, 1.807) is 25.1 Å². The molecule has 1 atom stereocenters. The van der Waals surface area contributed by atoms with E-state index in [0.717, 1.165) is 17.6 Å². The van der Waals surface area contributed by atoms with Crippen molar-refractivity contribution in [1.82, 2.24) is 10.2 Å². The van der Waals surface area contributed by atoms with Crippen LogP contribution < -0.4 is 20.1 Å². The number of fused-ring (bicyclic) bond motifs is 1. The van der Waals surface area contributed by atoms with E-state index in [1.165, 1.54) is 24.3 Å². The molecule has 4 rings (SSSR count). The molecule has 2 N–H and O–H groups in total. The summed E-state index contributed by atoms with van der Waals surface area (Å²) in [6.45, 7) is 2.02. The standard InChI is InChI=1S/C22H23N3O7S/c1-22(14-7-8-17-18(11-14)32-10-4-9-31-17)20(27)25(21(28)24-22)13-19(26)23-15-5-3-6-16(12-15)33(2,29)30/h3,5-8,11-12H,4,9-10,13H2,1-2H3,(H,23,26)(H,24,28)/t22-/m0/s1. The highest BCUT2D eigenvalue weighted by Crippen LogP contribution is 2.36. The number of hydrogen-bond acceptors (Lipinski definition) is 7. The van der Waals surface area contributed by atoms with Crippen molar-refractivity contribution in [2.45, 2.75) is 23.8 Å².